The molecular formula is C21H27NO2SSi. The minimum Gasteiger partial charge on any atom is -0.207 e. The lowest BCUT2D eigenvalue weighted by molar-refractivity contribution is 0.464. The van der Waals surface area contributed by atoms with Crippen molar-refractivity contribution < 1.29 is 8.42 Å². The van der Waals surface area contributed by atoms with E-state index in [4.69, 9.17) is 0 Å². The largest absolute Gasteiger partial charge is 0.243 e. The van der Waals surface area contributed by atoms with Crippen molar-refractivity contribution in [3.8, 4) is 0 Å². The zero-order valence-electron chi connectivity index (χ0n) is 15.9. The Bertz CT molecular complexity index is 903. The van der Waals surface area contributed by atoms with Crippen LogP contribution in [0.1, 0.15) is 12.5 Å². The highest BCUT2D eigenvalue weighted by Gasteiger charge is 2.35. The standard InChI is InChI=1S/C21H27NO2SSi/c1-17-10-12-20(13-11-17)25(23,24)22-14-18(2)19(15-22)16-26(3,4)21-8-6-5-7-9-21/h5-13,16,18H,14-15H2,1-4H3/b19-16-. The van der Waals surface area contributed by atoms with Gasteiger partial charge in [-0.3, -0.25) is 0 Å². The summed E-state index contributed by atoms with van der Waals surface area (Å²) in [5.41, 5.74) is 4.70. The molecule has 3 rings (SSSR count). The molecule has 1 aliphatic rings. The highest BCUT2D eigenvalue weighted by molar-refractivity contribution is 7.89. The number of hydrogen-bond acceptors (Lipinski definition) is 2. The molecule has 0 aromatic heterocycles. The van der Waals surface area contributed by atoms with Gasteiger partial charge in [0.15, 0.2) is 0 Å². The van der Waals surface area contributed by atoms with Gasteiger partial charge in [-0.05, 0) is 25.0 Å². The van der Waals surface area contributed by atoms with E-state index in [0.29, 0.717) is 18.0 Å². The molecule has 3 nitrogen and oxygen atoms in total. The molecule has 0 bridgehead atoms. The molecule has 2 aromatic carbocycles. The lowest BCUT2D eigenvalue weighted by Crippen LogP contribution is -2.40. The predicted octanol–water partition coefficient (Wildman–Crippen LogP) is 3.72. The SMILES string of the molecule is Cc1ccc(S(=O)(=O)N2C/C(=C/[Si](C)(C)c3ccccc3)C(C)C2)cc1. The van der Waals surface area contributed by atoms with Gasteiger partial charge >= 0.3 is 0 Å². The highest BCUT2D eigenvalue weighted by Crippen LogP contribution is 2.29. The molecule has 1 atom stereocenters. The smallest absolute Gasteiger partial charge is 0.207 e. The fourth-order valence-corrected chi connectivity index (χ4v) is 7.53. The number of sulfonamides is 1. The van der Waals surface area contributed by atoms with Crippen molar-refractivity contribution >= 4 is 23.3 Å². The molecule has 0 amide bonds. The van der Waals surface area contributed by atoms with Crippen LogP contribution in [-0.2, 0) is 10.0 Å². The second-order valence-electron chi connectivity index (χ2n) is 7.82. The van der Waals surface area contributed by atoms with Crippen molar-refractivity contribution in [3.05, 3.63) is 71.4 Å². The molecule has 1 aliphatic heterocycles. The Morgan fingerprint density at radius 3 is 2.27 bits per heavy atom. The molecule has 0 aliphatic carbocycles. The van der Waals surface area contributed by atoms with Crippen molar-refractivity contribution in [2.45, 2.75) is 31.8 Å². The zero-order chi connectivity index (χ0) is 18.9. The summed E-state index contributed by atoms with van der Waals surface area (Å²) >= 11 is 0. The van der Waals surface area contributed by atoms with E-state index >= 15 is 0 Å². The van der Waals surface area contributed by atoms with Gasteiger partial charge in [-0.2, -0.15) is 4.31 Å². The average molecular weight is 386 g/mol. The van der Waals surface area contributed by atoms with Crippen LogP contribution in [0.25, 0.3) is 0 Å². The van der Waals surface area contributed by atoms with Crippen LogP contribution in [0, 0.1) is 12.8 Å². The van der Waals surface area contributed by atoms with E-state index < -0.39 is 18.1 Å². The van der Waals surface area contributed by atoms with Crippen molar-refractivity contribution in [2.24, 2.45) is 5.92 Å². The minimum absolute atomic E-state index is 0.255. The molecule has 26 heavy (non-hydrogen) atoms. The molecule has 0 saturated carbocycles. The molecule has 2 aromatic rings. The van der Waals surface area contributed by atoms with E-state index in [1.54, 1.807) is 16.4 Å². The van der Waals surface area contributed by atoms with Gasteiger partial charge in [-0.25, -0.2) is 8.42 Å². The maximum absolute atomic E-state index is 13.0. The van der Waals surface area contributed by atoms with Crippen molar-refractivity contribution in [1.82, 2.24) is 4.31 Å². The molecule has 1 unspecified atom stereocenters. The van der Waals surface area contributed by atoms with E-state index in [9.17, 15) is 8.42 Å². The predicted molar refractivity (Wildman–Crippen MR) is 111 cm³/mol. The van der Waals surface area contributed by atoms with E-state index in [0.717, 1.165) is 5.56 Å². The van der Waals surface area contributed by atoms with Crippen molar-refractivity contribution in [2.75, 3.05) is 13.1 Å². The quantitative estimate of drug-likeness (QED) is 0.752. The normalized spacial score (nSPS) is 20.6. The van der Waals surface area contributed by atoms with E-state index in [1.807, 2.05) is 25.1 Å². The van der Waals surface area contributed by atoms with E-state index in [1.165, 1.54) is 10.8 Å². The van der Waals surface area contributed by atoms with Gasteiger partial charge in [0.1, 0.15) is 8.07 Å². The summed E-state index contributed by atoms with van der Waals surface area (Å²) in [6.45, 7) is 9.79. The zero-order valence-corrected chi connectivity index (χ0v) is 17.8. The summed E-state index contributed by atoms with van der Waals surface area (Å²) in [7, 11) is -5.18. The van der Waals surface area contributed by atoms with Crippen LogP contribution in [0.15, 0.2) is 70.8 Å². The fourth-order valence-electron chi connectivity index (χ4n) is 3.49. The number of aryl methyl sites for hydroxylation is 1. The number of nitrogens with zero attached hydrogens (tertiary/aromatic N) is 1. The summed E-state index contributed by atoms with van der Waals surface area (Å²) in [4.78, 5) is 0.385. The second-order valence-corrected chi connectivity index (χ2v) is 14.1. The molecule has 5 heteroatoms. The Kier molecular flexibility index (Phi) is 5.24. The summed E-state index contributed by atoms with van der Waals surface area (Å²) in [6.07, 6.45) is 0. The third-order valence-corrected chi connectivity index (χ3v) is 9.93. The first-order chi connectivity index (χ1) is 12.2. The van der Waals surface area contributed by atoms with Crippen LogP contribution in [-0.4, -0.2) is 33.9 Å². The van der Waals surface area contributed by atoms with E-state index in [2.05, 4.69) is 50.0 Å². The topological polar surface area (TPSA) is 37.4 Å². The molecule has 138 valence electrons. The van der Waals surface area contributed by atoms with Crippen LogP contribution in [0.2, 0.25) is 13.1 Å². The Morgan fingerprint density at radius 1 is 1.04 bits per heavy atom. The summed E-state index contributed by atoms with van der Waals surface area (Å²) in [5, 5.41) is 1.37. The first kappa shape index (κ1) is 19.1. The minimum atomic E-state index is -3.43. The summed E-state index contributed by atoms with van der Waals surface area (Å²) in [5.74, 6) is 0.255. The molecule has 1 heterocycles. The van der Waals surface area contributed by atoms with Gasteiger partial charge in [0.25, 0.3) is 0 Å². The lowest BCUT2D eigenvalue weighted by atomic mass is 10.1. The van der Waals surface area contributed by atoms with Gasteiger partial charge in [-0.1, -0.05) is 84.5 Å². The first-order valence-electron chi connectivity index (χ1n) is 9.04. The van der Waals surface area contributed by atoms with Crippen LogP contribution in [0.3, 0.4) is 0 Å². The van der Waals surface area contributed by atoms with Gasteiger partial charge in [-0.15, -0.1) is 0 Å². The van der Waals surface area contributed by atoms with E-state index in [-0.39, 0.29) is 5.92 Å². The third-order valence-electron chi connectivity index (χ3n) is 5.19. The monoisotopic (exact) mass is 385 g/mol. The molecule has 0 spiro atoms. The van der Waals surface area contributed by atoms with Crippen LogP contribution < -0.4 is 5.19 Å². The molecule has 0 N–H and O–H groups in total. The Balaban J connectivity index is 1.86. The molecular weight excluding hydrogens is 358 g/mol. The maximum atomic E-state index is 13.0. The molecule has 1 saturated heterocycles. The summed E-state index contributed by atoms with van der Waals surface area (Å²) < 4.78 is 27.6. The lowest BCUT2D eigenvalue weighted by Gasteiger charge is -2.21. The Labute approximate surface area is 158 Å². The van der Waals surface area contributed by atoms with Crippen LogP contribution in [0.5, 0.6) is 0 Å². The third kappa shape index (κ3) is 3.85. The number of rotatable bonds is 4. The highest BCUT2D eigenvalue weighted by atomic mass is 32.2. The number of hydrogen-bond donors (Lipinski definition) is 0. The van der Waals surface area contributed by atoms with Gasteiger partial charge < -0.3 is 0 Å². The molecule has 0 radical (unpaired) electrons. The summed E-state index contributed by atoms with van der Waals surface area (Å²) in [6, 6.07) is 17.7. The Hall–Kier alpha value is -1.69. The van der Waals surface area contributed by atoms with Crippen molar-refractivity contribution in [3.63, 3.8) is 0 Å². The van der Waals surface area contributed by atoms with Crippen LogP contribution >= 0.6 is 0 Å². The second kappa shape index (κ2) is 7.14. The Morgan fingerprint density at radius 2 is 1.65 bits per heavy atom. The maximum Gasteiger partial charge on any atom is 0.243 e. The molecule has 1 fully saturated rings. The average Bonchev–Trinajstić information content (AvgIpc) is 2.97. The van der Waals surface area contributed by atoms with Gasteiger partial charge in [0.05, 0.1) is 4.90 Å². The van der Waals surface area contributed by atoms with Gasteiger partial charge in [0.2, 0.25) is 10.0 Å². The number of benzene rings is 2. The fraction of sp³-hybridized carbons (Fsp3) is 0.333. The van der Waals surface area contributed by atoms with Crippen molar-refractivity contribution in [1.29, 1.82) is 0 Å². The van der Waals surface area contributed by atoms with Gasteiger partial charge in [0, 0.05) is 13.1 Å². The first-order valence-corrected chi connectivity index (χ1v) is 13.6. The van der Waals surface area contributed by atoms with Crippen LogP contribution in [0.4, 0.5) is 0 Å².